The number of nitrogens with one attached hydrogen (secondary N) is 1. The molecule has 0 atom stereocenters. The minimum atomic E-state index is 0.609. The topological polar surface area (TPSA) is 21.3 Å². The molecule has 0 bridgehead atoms. The van der Waals surface area contributed by atoms with Crippen molar-refractivity contribution in [1.82, 2.24) is 5.32 Å². The average Bonchev–Trinajstić information content (AvgIpc) is 3.30. The molecule has 0 saturated heterocycles. The zero-order valence-electron chi connectivity index (χ0n) is 11.3. The molecule has 3 heteroatoms. The predicted molar refractivity (Wildman–Crippen MR) is 84.8 cm³/mol. The first-order chi connectivity index (χ1) is 9.79. The summed E-state index contributed by atoms with van der Waals surface area (Å²) < 4.78 is 6.83. The van der Waals surface area contributed by atoms with Gasteiger partial charge in [0.1, 0.15) is 12.4 Å². The lowest BCUT2D eigenvalue weighted by atomic mass is 10.1. The number of halogens is 1. The first-order valence-corrected chi connectivity index (χ1v) is 7.78. The highest BCUT2D eigenvalue weighted by Gasteiger charge is 2.19. The summed E-state index contributed by atoms with van der Waals surface area (Å²) in [5.74, 6) is 0.896. The quantitative estimate of drug-likeness (QED) is 0.852. The van der Waals surface area contributed by atoms with Gasteiger partial charge in [0.15, 0.2) is 0 Å². The SMILES string of the molecule is Brc1ccc(OCc2ccc(CNC3CC3)cc2)cc1. The van der Waals surface area contributed by atoms with Crippen molar-refractivity contribution in [3.63, 3.8) is 0 Å². The second-order valence-corrected chi connectivity index (χ2v) is 6.13. The fourth-order valence-corrected chi connectivity index (χ4v) is 2.26. The Morgan fingerprint density at radius 3 is 2.25 bits per heavy atom. The van der Waals surface area contributed by atoms with Gasteiger partial charge in [-0.15, -0.1) is 0 Å². The molecule has 0 spiro atoms. The summed E-state index contributed by atoms with van der Waals surface area (Å²) in [5.41, 5.74) is 2.53. The number of hydrogen-bond acceptors (Lipinski definition) is 2. The van der Waals surface area contributed by atoms with E-state index in [1.54, 1.807) is 0 Å². The highest BCUT2D eigenvalue weighted by Crippen LogP contribution is 2.20. The monoisotopic (exact) mass is 331 g/mol. The van der Waals surface area contributed by atoms with Crippen molar-refractivity contribution in [3.8, 4) is 5.75 Å². The first-order valence-electron chi connectivity index (χ1n) is 6.99. The molecule has 0 radical (unpaired) electrons. The van der Waals surface area contributed by atoms with E-state index in [1.165, 1.54) is 24.0 Å². The van der Waals surface area contributed by atoms with Crippen LogP contribution in [0.3, 0.4) is 0 Å². The van der Waals surface area contributed by atoms with Gasteiger partial charge < -0.3 is 10.1 Å². The smallest absolute Gasteiger partial charge is 0.119 e. The Kier molecular flexibility index (Phi) is 4.38. The molecule has 1 N–H and O–H groups in total. The predicted octanol–water partition coefficient (Wildman–Crippen LogP) is 4.28. The van der Waals surface area contributed by atoms with Crippen LogP contribution in [0.15, 0.2) is 53.0 Å². The number of rotatable bonds is 6. The molecule has 0 heterocycles. The molecule has 1 saturated carbocycles. The molecule has 1 aliphatic rings. The van der Waals surface area contributed by atoms with Gasteiger partial charge in [-0.25, -0.2) is 0 Å². The van der Waals surface area contributed by atoms with Crippen molar-refractivity contribution < 1.29 is 4.74 Å². The summed E-state index contributed by atoms with van der Waals surface area (Å²) >= 11 is 3.42. The number of ether oxygens (including phenoxy) is 1. The van der Waals surface area contributed by atoms with Crippen molar-refractivity contribution in [2.75, 3.05) is 0 Å². The second kappa shape index (κ2) is 6.42. The summed E-state index contributed by atoms with van der Waals surface area (Å²) in [4.78, 5) is 0. The molecule has 2 aromatic carbocycles. The molecule has 0 unspecified atom stereocenters. The minimum Gasteiger partial charge on any atom is -0.489 e. The fraction of sp³-hybridized carbons (Fsp3) is 0.294. The van der Waals surface area contributed by atoms with Gasteiger partial charge in [0, 0.05) is 17.1 Å². The highest BCUT2D eigenvalue weighted by atomic mass is 79.9. The van der Waals surface area contributed by atoms with Crippen molar-refractivity contribution in [2.24, 2.45) is 0 Å². The first kappa shape index (κ1) is 13.7. The van der Waals surface area contributed by atoms with Crippen molar-refractivity contribution in [2.45, 2.75) is 32.0 Å². The van der Waals surface area contributed by atoms with E-state index in [-0.39, 0.29) is 0 Å². The normalized spacial score (nSPS) is 14.2. The van der Waals surface area contributed by atoms with E-state index in [4.69, 9.17) is 4.74 Å². The van der Waals surface area contributed by atoms with Crippen LogP contribution in [-0.2, 0) is 13.2 Å². The Labute approximate surface area is 128 Å². The Morgan fingerprint density at radius 1 is 0.950 bits per heavy atom. The van der Waals surface area contributed by atoms with E-state index in [1.807, 2.05) is 24.3 Å². The molecule has 3 rings (SSSR count). The molecule has 0 amide bonds. The number of benzene rings is 2. The summed E-state index contributed by atoms with van der Waals surface area (Å²) in [5, 5.41) is 3.52. The maximum absolute atomic E-state index is 5.76. The van der Waals surface area contributed by atoms with Gasteiger partial charge in [-0.2, -0.15) is 0 Å². The van der Waals surface area contributed by atoms with Crippen LogP contribution in [0.2, 0.25) is 0 Å². The maximum Gasteiger partial charge on any atom is 0.119 e. The molecular formula is C17H18BrNO. The standard InChI is InChI=1S/C17H18BrNO/c18-15-5-9-17(10-6-15)20-12-14-3-1-13(2-4-14)11-19-16-7-8-16/h1-6,9-10,16,19H,7-8,11-12H2. The van der Waals surface area contributed by atoms with E-state index in [2.05, 4.69) is 45.5 Å². The lowest BCUT2D eigenvalue weighted by molar-refractivity contribution is 0.306. The molecule has 104 valence electrons. The van der Waals surface area contributed by atoms with Crippen molar-refractivity contribution in [3.05, 3.63) is 64.1 Å². The summed E-state index contributed by atoms with van der Waals surface area (Å²) in [6, 6.07) is 17.3. The highest BCUT2D eigenvalue weighted by molar-refractivity contribution is 9.10. The molecule has 0 aromatic heterocycles. The second-order valence-electron chi connectivity index (χ2n) is 5.21. The summed E-state index contributed by atoms with van der Waals surface area (Å²) in [6.07, 6.45) is 2.66. The van der Waals surface area contributed by atoms with Crippen LogP contribution in [0.4, 0.5) is 0 Å². The Balaban J connectivity index is 1.50. The molecule has 20 heavy (non-hydrogen) atoms. The van der Waals surface area contributed by atoms with Gasteiger partial charge in [-0.3, -0.25) is 0 Å². The van der Waals surface area contributed by atoms with Gasteiger partial charge in [0.25, 0.3) is 0 Å². The van der Waals surface area contributed by atoms with Crippen LogP contribution in [-0.4, -0.2) is 6.04 Å². The van der Waals surface area contributed by atoms with Crippen LogP contribution in [0.25, 0.3) is 0 Å². The van der Waals surface area contributed by atoms with Gasteiger partial charge in [0.2, 0.25) is 0 Å². The molecule has 0 aliphatic heterocycles. The molecule has 1 fully saturated rings. The zero-order chi connectivity index (χ0) is 13.8. The van der Waals surface area contributed by atoms with Crippen LogP contribution >= 0.6 is 15.9 Å². The zero-order valence-corrected chi connectivity index (χ0v) is 12.9. The molecule has 2 aromatic rings. The third-order valence-corrected chi connectivity index (χ3v) is 3.94. The third-order valence-electron chi connectivity index (χ3n) is 3.41. The van der Waals surface area contributed by atoms with Crippen LogP contribution in [0.1, 0.15) is 24.0 Å². The maximum atomic E-state index is 5.76. The fourth-order valence-electron chi connectivity index (χ4n) is 2.00. The largest absolute Gasteiger partial charge is 0.489 e. The van der Waals surface area contributed by atoms with E-state index in [9.17, 15) is 0 Å². The molecule has 2 nitrogen and oxygen atoms in total. The van der Waals surface area contributed by atoms with Crippen LogP contribution in [0.5, 0.6) is 5.75 Å². The van der Waals surface area contributed by atoms with E-state index in [0.29, 0.717) is 6.61 Å². The third kappa shape index (κ3) is 4.09. The average molecular weight is 332 g/mol. The van der Waals surface area contributed by atoms with Crippen molar-refractivity contribution in [1.29, 1.82) is 0 Å². The van der Waals surface area contributed by atoms with Crippen molar-refractivity contribution >= 4 is 15.9 Å². The van der Waals surface area contributed by atoms with Gasteiger partial charge >= 0.3 is 0 Å². The number of hydrogen-bond donors (Lipinski definition) is 1. The van der Waals surface area contributed by atoms with Crippen LogP contribution < -0.4 is 10.1 Å². The lowest BCUT2D eigenvalue weighted by Crippen LogP contribution is -2.15. The van der Waals surface area contributed by atoms with Gasteiger partial charge in [-0.1, -0.05) is 40.2 Å². The molecule has 1 aliphatic carbocycles. The van der Waals surface area contributed by atoms with E-state index < -0.39 is 0 Å². The summed E-state index contributed by atoms with van der Waals surface area (Å²) in [7, 11) is 0. The lowest BCUT2D eigenvalue weighted by Gasteiger charge is -2.08. The molecular weight excluding hydrogens is 314 g/mol. The Bertz CT molecular complexity index is 546. The minimum absolute atomic E-state index is 0.609. The Hall–Kier alpha value is -1.32. The van der Waals surface area contributed by atoms with Gasteiger partial charge in [-0.05, 0) is 48.2 Å². The van der Waals surface area contributed by atoms with Gasteiger partial charge in [0.05, 0.1) is 0 Å². The van der Waals surface area contributed by atoms with Crippen LogP contribution in [0, 0.1) is 0 Å². The van der Waals surface area contributed by atoms with E-state index >= 15 is 0 Å². The van der Waals surface area contributed by atoms with E-state index in [0.717, 1.165) is 22.8 Å². The summed E-state index contributed by atoms with van der Waals surface area (Å²) in [6.45, 7) is 1.58. The Morgan fingerprint density at radius 2 is 1.60 bits per heavy atom.